The van der Waals surface area contributed by atoms with Gasteiger partial charge in [0.05, 0.1) is 0 Å². The molecule has 1 atom stereocenters. The second-order valence-electron chi connectivity index (χ2n) is 5.78. The number of aryl methyl sites for hydroxylation is 1. The maximum Gasteiger partial charge on any atom is 0.434 e. The Balaban J connectivity index is 1.71. The molecule has 0 spiro atoms. The van der Waals surface area contributed by atoms with E-state index >= 15 is 0 Å². The molecule has 0 aromatic carbocycles. The predicted octanol–water partition coefficient (Wildman–Crippen LogP) is 0.832. The highest BCUT2D eigenvalue weighted by Crippen LogP contribution is 2.32. The Bertz CT molecular complexity index is 710. The summed E-state index contributed by atoms with van der Waals surface area (Å²) in [6.45, 7) is 0.908. The summed E-state index contributed by atoms with van der Waals surface area (Å²) in [6, 6.07) is 0. The van der Waals surface area contributed by atoms with Crippen LogP contribution in [0.4, 0.5) is 13.2 Å². The van der Waals surface area contributed by atoms with Crippen molar-refractivity contribution in [2.45, 2.75) is 31.5 Å². The number of piperidine rings is 1. The second kappa shape index (κ2) is 6.21. The molecular weight excluding hydrogens is 327 g/mol. The molecule has 1 amide bonds. The fraction of sp³-hybridized carbons (Fsp3) is 0.615. The molecule has 0 bridgehead atoms. The van der Waals surface area contributed by atoms with Crippen molar-refractivity contribution in [1.29, 1.82) is 0 Å². The Morgan fingerprint density at radius 1 is 1.42 bits per heavy atom. The summed E-state index contributed by atoms with van der Waals surface area (Å²) in [4.78, 5) is 17.7. The quantitative estimate of drug-likeness (QED) is 0.825. The van der Waals surface area contributed by atoms with Crippen LogP contribution in [0.3, 0.4) is 0 Å². The SMILES string of the molecule is Cn1cc(C(F)(F)F)nc1[C@@H]1CCCN(C(=O)Cn2cnnn2)C1. The minimum absolute atomic E-state index is 0.00802. The number of carbonyl (C=O) groups is 1. The molecule has 0 radical (unpaired) electrons. The number of hydrogen-bond acceptors (Lipinski definition) is 5. The fourth-order valence-electron chi connectivity index (χ4n) is 2.90. The summed E-state index contributed by atoms with van der Waals surface area (Å²) < 4.78 is 41.1. The van der Waals surface area contributed by atoms with Crippen LogP contribution in [-0.4, -0.2) is 53.7 Å². The molecule has 0 N–H and O–H groups in total. The van der Waals surface area contributed by atoms with E-state index in [2.05, 4.69) is 20.5 Å². The van der Waals surface area contributed by atoms with Crippen LogP contribution in [0.15, 0.2) is 12.5 Å². The van der Waals surface area contributed by atoms with Crippen molar-refractivity contribution in [3.63, 3.8) is 0 Å². The molecule has 3 heterocycles. The van der Waals surface area contributed by atoms with Crippen molar-refractivity contribution in [2.75, 3.05) is 13.1 Å². The van der Waals surface area contributed by atoms with E-state index in [9.17, 15) is 18.0 Å². The molecule has 1 fully saturated rings. The highest BCUT2D eigenvalue weighted by molar-refractivity contribution is 5.76. The van der Waals surface area contributed by atoms with Gasteiger partial charge in [-0.3, -0.25) is 4.79 Å². The summed E-state index contributed by atoms with van der Waals surface area (Å²) in [6.07, 6.45) is -0.748. The van der Waals surface area contributed by atoms with Crippen molar-refractivity contribution in [3.8, 4) is 0 Å². The summed E-state index contributed by atoms with van der Waals surface area (Å²) in [5.41, 5.74) is -0.905. The van der Waals surface area contributed by atoms with E-state index in [1.54, 1.807) is 11.9 Å². The molecule has 1 saturated heterocycles. The summed E-state index contributed by atoms with van der Waals surface area (Å²) in [7, 11) is 1.54. The number of rotatable bonds is 3. The monoisotopic (exact) mass is 343 g/mol. The van der Waals surface area contributed by atoms with E-state index in [4.69, 9.17) is 0 Å². The zero-order chi connectivity index (χ0) is 17.3. The van der Waals surface area contributed by atoms with Crippen LogP contribution in [0.25, 0.3) is 0 Å². The van der Waals surface area contributed by atoms with Crippen LogP contribution in [0, 0.1) is 0 Å². The molecule has 2 aromatic heterocycles. The lowest BCUT2D eigenvalue weighted by Gasteiger charge is -2.32. The third-order valence-corrected chi connectivity index (χ3v) is 4.03. The van der Waals surface area contributed by atoms with Gasteiger partial charge >= 0.3 is 6.18 Å². The van der Waals surface area contributed by atoms with Crippen LogP contribution in [0.5, 0.6) is 0 Å². The van der Waals surface area contributed by atoms with Gasteiger partial charge in [-0.2, -0.15) is 13.2 Å². The Morgan fingerprint density at radius 2 is 2.21 bits per heavy atom. The zero-order valence-electron chi connectivity index (χ0n) is 12.9. The number of nitrogens with zero attached hydrogens (tertiary/aromatic N) is 7. The van der Waals surface area contributed by atoms with E-state index in [1.807, 2.05) is 0 Å². The maximum absolute atomic E-state index is 12.8. The van der Waals surface area contributed by atoms with Gasteiger partial charge < -0.3 is 9.47 Å². The minimum atomic E-state index is -4.47. The Labute approximate surface area is 135 Å². The molecule has 3 rings (SSSR count). The molecule has 0 aliphatic carbocycles. The average Bonchev–Trinajstić information content (AvgIpc) is 3.16. The van der Waals surface area contributed by atoms with Gasteiger partial charge in [0.15, 0.2) is 5.69 Å². The summed E-state index contributed by atoms with van der Waals surface area (Å²) in [5, 5.41) is 10.6. The average molecular weight is 343 g/mol. The molecule has 130 valence electrons. The van der Waals surface area contributed by atoms with Crippen LogP contribution in [0.1, 0.15) is 30.3 Å². The summed E-state index contributed by atoms with van der Waals surface area (Å²) >= 11 is 0. The fourth-order valence-corrected chi connectivity index (χ4v) is 2.90. The molecule has 2 aromatic rings. The minimum Gasteiger partial charge on any atom is -0.340 e. The van der Waals surface area contributed by atoms with Gasteiger partial charge in [0.1, 0.15) is 18.7 Å². The lowest BCUT2D eigenvalue weighted by atomic mass is 9.97. The van der Waals surface area contributed by atoms with Crippen LogP contribution in [0.2, 0.25) is 0 Å². The number of likely N-dealkylation sites (tertiary alicyclic amines) is 1. The van der Waals surface area contributed by atoms with Gasteiger partial charge in [0, 0.05) is 32.3 Å². The number of imidazole rings is 1. The van der Waals surface area contributed by atoms with E-state index in [0.717, 1.165) is 6.20 Å². The van der Waals surface area contributed by atoms with Crippen LogP contribution < -0.4 is 0 Å². The largest absolute Gasteiger partial charge is 0.434 e. The lowest BCUT2D eigenvalue weighted by Crippen LogP contribution is -2.41. The van der Waals surface area contributed by atoms with Crippen molar-refractivity contribution in [3.05, 3.63) is 24.0 Å². The highest BCUT2D eigenvalue weighted by Gasteiger charge is 2.36. The number of tetrazole rings is 1. The van der Waals surface area contributed by atoms with Gasteiger partial charge in [-0.1, -0.05) is 0 Å². The number of halogens is 3. The first-order chi connectivity index (χ1) is 11.3. The highest BCUT2D eigenvalue weighted by atomic mass is 19.4. The summed E-state index contributed by atoms with van der Waals surface area (Å²) in [5.74, 6) is -0.0443. The molecule has 11 heteroatoms. The van der Waals surface area contributed by atoms with Gasteiger partial charge in [-0.05, 0) is 23.3 Å². The van der Waals surface area contributed by atoms with E-state index in [0.29, 0.717) is 31.8 Å². The van der Waals surface area contributed by atoms with E-state index in [-0.39, 0.29) is 18.4 Å². The molecule has 0 unspecified atom stereocenters. The topological polar surface area (TPSA) is 81.7 Å². The molecule has 24 heavy (non-hydrogen) atoms. The molecular formula is C13H16F3N7O. The first-order valence-corrected chi connectivity index (χ1v) is 7.43. The van der Waals surface area contributed by atoms with E-state index < -0.39 is 11.9 Å². The molecule has 1 aliphatic rings. The van der Waals surface area contributed by atoms with Crippen molar-refractivity contribution >= 4 is 5.91 Å². The zero-order valence-corrected chi connectivity index (χ0v) is 12.9. The molecule has 1 aliphatic heterocycles. The first kappa shape index (κ1) is 16.4. The van der Waals surface area contributed by atoms with Crippen molar-refractivity contribution in [1.82, 2.24) is 34.7 Å². The third-order valence-electron chi connectivity index (χ3n) is 4.03. The van der Waals surface area contributed by atoms with Crippen molar-refractivity contribution in [2.24, 2.45) is 7.05 Å². The number of hydrogen-bond donors (Lipinski definition) is 0. The van der Waals surface area contributed by atoms with Gasteiger partial charge in [0.25, 0.3) is 0 Å². The normalized spacial score (nSPS) is 18.8. The first-order valence-electron chi connectivity index (χ1n) is 7.43. The van der Waals surface area contributed by atoms with Crippen molar-refractivity contribution < 1.29 is 18.0 Å². The molecule has 0 saturated carbocycles. The number of carbonyl (C=O) groups excluding carboxylic acids is 1. The Kier molecular flexibility index (Phi) is 4.24. The number of alkyl halides is 3. The van der Waals surface area contributed by atoms with E-state index in [1.165, 1.54) is 15.6 Å². The molecule has 8 nitrogen and oxygen atoms in total. The number of aromatic nitrogens is 6. The Hall–Kier alpha value is -2.46. The second-order valence-corrected chi connectivity index (χ2v) is 5.78. The van der Waals surface area contributed by atoms with Gasteiger partial charge in [-0.25, -0.2) is 9.67 Å². The smallest absolute Gasteiger partial charge is 0.340 e. The van der Waals surface area contributed by atoms with Gasteiger partial charge in [0.2, 0.25) is 5.91 Å². The number of amides is 1. The van der Waals surface area contributed by atoms with Crippen LogP contribution in [-0.2, 0) is 24.6 Å². The predicted molar refractivity (Wildman–Crippen MR) is 74.6 cm³/mol. The lowest BCUT2D eigenvalue weighted by molar-refractivity contribution is -0.141. The maximum atomic E-state index is 12.8. The Morgan fingerprint density at radius 3 is 2.83 bits per heavy atom. The van der Waals surface area contributed by atoms with Gasteiger partial charge in [-0.15, -0.1) is 5.10 Å². The third kappa shape index (κ3) is 3.39. The van der Waals surface area contributed by atoms with Crippen LogP contribution >= 0.6 is 0 Å². The standard InChI is InChI=1S/C13H16F3N7O/c1-21-6-10(13(14,15)16)18-12(21)9-3-2-4-22(5-9)11(24)7-23-8-17-19-20-23/h6,8-9H,2-5,7H2,1H3/t9-/m1/s1.